The molecule has 0 radical (unpaired) electrons. The summed E-state index contributed by atoms with van der Waals surface area (Å²) in [6, 6.07) is 11.1. The van der Waals surface area contributed by atoms with Crippen molar-refractivity contribution in [3.05, 3.63) is 48.7 Å². The molecule has 1 aliphatic rings. The molecule has 3 rings (SSSR count). The first-order valence-corrected chi connectivity index (χ1v) is 8.76. The van der Waals surface area contributed by atoms with Gasteiger partial charge >= 0.3 is 0 Å². The average molecular weight is 372 g/mol. The number of hydrogen-bond acceptors (Lipinski definition) is 8. The summed E-state index contributed by atoms with van der Waals surface area (Å²) in [4.78, 5) is 0. The fourth-order valence-corrected chi connectivity index (χ4v) is 3.14. The minimum Gasteiger partial charge on any atom is -0.462 e. The van der Waals surface area contributed by atoms with Gasteiger partial charge in [-0.1, -0.05) is 18.2 Å². The van der Waals surface area contributed by atoms with Crippen LogP contribution in [0.25, 0.3) is 0 Å². The maximum atomic E-state index is 11.5. The Kier molecular flexibility index (Phi) is 4.97. The number of ether oxygens (including phenoxy) is 3. The SMILES string of the molecule is O=S(=O)(O)C1O[C@@H](Oc2ccccc2)[C@H](O)[C@@H](Oc2ccco2)[C@@H]1O. The molecule has 3 N–H and O–H groups in total. The standard InChI is InChI=1S/C15H16O9S/c16-11-13(23-10-7-4-8-21-10)12(17)15(25(18,19)20)24-14(11)22-9-5-2-1-3-6-9/h1-8,11-17H,(H,18,19,20)/t11-,12+,13-,14-,15?/m1/s1. The first kappa shape index (κ1) is 17.7. The molecule has 1 aromatic heterocycles. The first-order chi connectivity index (χ1) is 11.9. The van der Waals surface area contributed by atoms with Crippen molar-refractivity contribution in [2.45, 2.75) is 30.0 Å². The molecule has 25 heavy (non-hydrogen) atoms. The van der Waals surface area contributed by atoms with Crippen molar-refractivity contribution < 1.29 is 41.8 Å². The molecule has 9 nitrogen and oxygen atoms in total. The Morgan fingerprint density at radius 3 is 2.28 bits per heavy atom. The van der Waals surface area contributed by atoms with Crippen molar-refractivity contribution in [2.75, 3.05) is 0 Å². The highest BCUT2D eigenvalue weighted by atomic mass is 32.2. The van der Waals surface area contributed by atoms with Crippen LogP contribution in [0.5, 0.6) is 11.7 Å². The molecule has 1 aliphatic heterocycles. The highest BCUT2D eigenvalue weighted by Gasteiger charge is 2.52. The van der Waals surface area contributed by atoms with E-state index in [9.17, 15) is 23.2 Å². The molecule has 1 fully saturated rings. The largest absolute Gasteiger partial charge is 0.462 e. The topological polar surface area (TPSA) is 136 Å². The molecule has 2 heterocycles. The third-order valence-corrected chi connectivity index (χ3v) is 4.51. The Morgan fingerprint density at radius 1 is 0.960 bits per heavy atom. The smallest absolute Gasteiger partial charge is 0.295 e. The van der Waals surface area contributed by atoms with Crippen LogP contribution >= 0.6 is 0 Å². The summed E-state index contributed by atoms with van der Waals surface area (Å²) in [7, 11) is -4.81. The van der Waals surface area contributed by atoms with Crippen LogP contribution in [-0.4, -0.2) is 53.2 Å². The van der Waals surface area contributed by atoms with Crippen LogP contribution < -0.4 is 9.47 Å². The van der Waals surface area contributed by atoms with E-state index in [4.69, 9.17) is 18.6 Å². The summed E-state index contributed by atoms with van der Waals surface area (Å²) in [5.74, 6) is 0.228. The molecule has 0 bridgehead atoms. The van der Waals surface area contributed by atoms with Gasteiger partial charge in [-0.3, -0.25) is 4.55 Å². The first-order valence-electron chi connectivity index (χ1n) is 7.26. The fourth-order valence-electron chi connectivity index (χ4n) is 2.39. The molecule has 2 aromatic rings. The lowest BCUT2D eigenvalue weighted by Crippen LogP contribution is -2.62. The molecule has 1 aromatic carbocycles. The van der Waals surface area contributed by atoms with Crippen LogP contribution in [0.3, 0.4) is 0 Å². The van der Waals surface area contributed by atoms with Crippen LogP contribution in [0.4, 0.5) is 0 Å². The molecular weight excluding hydrogens is 356 g/mol. The Labute approximate surface area is 143 Å². The van der Waals surface area contributed by atoms with E-state index in [1.807, 2.05) is 0 Å². The summed E-state index contributed by atoms with van der Waals surface area (Å²) < 4.78 is 53.1. The molecule has 0 aliphatic carbocycles. The molecular formula is C15H16O9S. The highest BCUT2D eigenvalue weighted by molar-refractivity contribution is 7.86. The number of aliphatic hydroxyl groups excluding tert-OH is 2. The van der Waals surface area contributed by atoms with Crippen molar-refractivity contribution in [3.63, 3.8) is 0 Å². The average Bonchev–Trinajstić information content (AvgIpc) is 3.07. The molecule has 10 heteroatoms. The van der Waals surface area contributed by atoms with E-state index in [1.54, 1.807) is 30.3 Å². The second-order valence-electron chi connectivity index (χ2n) is 5.31. The lowest BCUT2D eigenvalue weighted by Gasteiger charge is -2.40. The molecule has 5 atom stereocenters. The third-order valence-electron chi connectivity index (χ3n) is 3.54. The Morgan fingerprint density at radius 2 is 1.68 bits per heavy atom. The molecule has 136 valence electrons. The van der Waals surface area contributed by atoms with Gasteiger partial charge in [0.2, 0.25) is 11.7 Å². The van der Waals surface area contributed by atoms with Gasteiger partial charge in [-0.2, -0.15) is 8.42 Å². The number of rotatable bonds is 5. The van der Waals surface area contributed by atoms with Crippen LogP contribution in [0.15, 0.2) is 53.1 Å². The Hall–Kier alpha value is -2.11. The monoisotopic (exact) mass is 372 g/mol. The summed E-state index contributed by atoms with van der Waals surface area (Å²) in [5.41, 5.74) is -2.07. The zero-order chi connectivity index (χ0) is 18.0. The van der Waals surface area contributed by atoms with E-state index in [2.05, 4.69) is 0 Å². The van der Waals surface area contributed by atoms with Crippen LogP contribution in [-0.2, 0) is 14.9 Å². The number of aliphatic hydroxyl groups is 2. The van der Waals surface area contributed by atoms with E-state index in [-0.39, 0.29) is 11.7 Å². The van der Waals surface area contributed by atoms with Crippen molar-refractivity contribution >= 4 is 10.1 Å². The van der Waals surface area contributed by atoms with Gasteiger partial charge in [0, 0.05) is 6.07 Å². The van der Waals surface area contributed by atoms with E-state index >= 15 is 0 Å². The van der Waals surface area contributed by atoms with Crippen LogP contribution in [0.1, 0.15) is 0 Å². The zero-order valence-electron chi connectivity index (χ0n) is 12.7. The number of furan rings is 1. The lowest BCUT2D eigenvalue weighted by atomic mass is 10.0. The summed E-state index contributed by atoms with van der Waals surface area (Å²) in [6.07, 6.45) is -5.16. The van der Waals surface area contributed by atoms with E-state index in [1.165, 1.54) is 18.4 Å². The predicted molar refractivity (Wildman–Crippen MR) is 82.4 cm³/mol. The molecule has 1 unspecified atom stereocenters. The normalized spacial score (nSPS) is 30.0. The summed E-state index contributed by atoms with van der Waals surface area (Å²) in [5, 5.41) is 20.6. The van der Waals surface area contributed by atoms with Gasteiger partial charge in [-0.15, -0.1) is 0 Å². The minimum absolute atomic E-state index is 0.0578. The van der Waals surface area contributed by atoms with Gasteiger partial charge in [-0.25, -0.2) is 0 Å². The molecule has 0 saturated carbocycles. The number of benzene rings is 1. The van der Waals surface area contributed by atoms with Gasteiger partial charge in [-0.05, 0) is 18.2 Å². The fraction of sp³-hybridized carbons (Fsp3) is 0.333. The minimum atomic E-state index is -4.81. The quantitative estimate of drug-likeness (QED) is 0.637. The molecule has 0 amide bonds. The zero-order valence-corrected chi connectivity index (χ0v) is 13.5. The second kappa shape index (κ2) is 7.02. The van der Waals surface area contributed by atoms with Gasteiger partial charge in [0.15, 0.2) is 12.2 Å². The predicted octanol–water partition coefficient (Wildman–Crippen LogP) is 0.398. The lowest BCUT2D eigenvalue weighted by molar-refractivity contribution is -0.250. The van der Waals surface area contributed by atoms with Crippen molar-refractivity contribution in [1.29, 1.82) is 0 Å². The van der Waals surface area contributed by atoms with E-state index < -0.39 is 40.2 Å². The van der Waals surface area contributed by atoms with Gasteiger partial charge in [0.1, 0.15) is 11.9 Å². The van der Waals surface area contributed by atoms with E-state index in [0.29, 0.717) is 0 Å². The second-order valence-corrected chi connectivity index (χ2v) is 6.81. The highest BCUT2D eigenvalue weighted by Crippen LogP contribution is 2.29. The van der Waals surface area contributed by atoms with Crippen molar-refractivity contribution in [1.82, 2.24) is 0 Å². The van der Waals surface area contributed by atoms with Crippen LogP contribution in [0.2, 0.25) is 0 Å². The van der Waals surface area contributed by atoms with E-state index in [0.717, 1.165) is 0 Å². The maximum Gasteiger partial charge on any atom is 0.295 e. The number of para-hydroxylation sites is 1. The van der Waals surface area contributed by atoms with Gasteiger partial charge in [0.05, 0.1) is 6.26 Å². The maximum absolute atomic E-state index is 11.5. The summed E-state index contributed by atoms with van der Waals surface area (Å²) in [6.45, 7) is 0. The Bertz CT molecular complexity index is 775. The van der Waals surface area contributed by atoms with Crippen molar-refractivity contribution in [3.8, 4) is 11.7 Å². The van der Waals surface area contributed by atoms with Gasteiger partial charge in [0.25, 0.3) is 16.1 Å². The Balaban J connectivity index is 1.87. The van der Waals surface area contributed by atoms with Crippen molar-refractivity contribution in [2.24, 2.45) is 0 Å². The van der Waals surface area contributed by atoms with Gasteiger partial charge < -0.3 is 28.8 Å². The molecule has 1 saturated heterocycles. The molecule has 0 spiro atoms. The summed E-state index contributed by atoms with van der Waals surface area (Å²) >= 11 is 0. The van der Waals surface area contributed by atoms with Crippen LogP contribution in [0, 0.1) is 0 Å². The number of hydrogen-bond donors (Lipinski definition) is 3. The third kappa shape index (κ3) is 3.94.